The fourth-order valence-electron chi connectivity index (χ4n) is 2.25. The molecule has 0 fully saturated rings. The molecule has 106 valence electrons. The third kappa shape index (κ3) is 2.46. The molecule has 0 saturated carbocycles. The maximum Gasteiger partial charge on any atom is 0.268 e. The van der Waals surface area contributed by atoms with Crippen LogP contribution in [0.15, 0.2) is 30.9 Å². The monoisotopic (exact) mass is 273 g/mol. The Morgan fingerprint density at radius 2 is 2.20 bits per heavy atom. The van der Waals surface area contributed by atoms with Gasteiger partial charge in [-0.3, -0.25) is 9.59 Å². The topological polar surface area (TPSA) is 46.6 Å². The predicted molar refractivity (Wildman–Crippen MR) is 78.3 cm³/mol. The van der Waals surface area contributed by atoms with Crippen molar-refractivity contribution in [2.75, 3.05) is 11.4 Å². The Labute approximate surface area is 119 Å². The molecule has 1 heterocycles. The third-order valence-corrected chi connectivity index (χ3v) is 3.34. The Balaban J connectivity index is 2.50. The molecule has 0 saturated heterocycles. The van der Waals surface area contributed by atoms with Crippen molar-refractivity contribution in [2.45, 2.75) is 26.9 Å². The maximum atomic E-state index is 12.5. The zero-order valence-electron chi connectivity index (χ0n) is 12.1. The lowest BCUT2D eigenvalue weighted by atomic mass is 10.0. The molecule has 1 aromatic carbocycles. The lowest BCUT2D eigenvalue weighted by Gasteiger charge is -2.35. The Morgan fingerprint density at radius 3 is 2.75 bits per heavy atom. The molecular weight excluding hydrogens is 254 g/mol. The first-order valence-electron chi connectivity index (χ1n) is 6.69. The van der Waals surface area contributed by atoms with E-state index < -0.39 is 6.10 Å². The number of nitrogens with zero attached hydrogens (tertiary/aromatic N) is 1. The van der Waals surface area contributed by atoms with E-state index in [0.29, 0.717) is 23.5 Å². The van der Waals surface area contributed by atoms with Gasteiger partial charge in [-0.1, -0.05) is 19.9 Å². The van der Waals surface area contributed by atoms with Crippen molar-refractivity contribution in [1.29, 1.82) is 0 Å². The van der Waals surface area contributed by atoms with Gasteiger partial charge < -0.3 is 9.64 Å². The van der Waals surface area contributed by atoms with E-state index in [1.54, 1.807) is 29.2 Å². The molecule has 1 unspecified atom stereocenters. The van der Waals surface area contributed by atoms with Gasteiger partial charge in [-0.05, 0) is 31.0 Å². The van der Waals surface area contributed by atoms with Crippen LogP contribution >= 0.6 is 0 Å². The zero-order valence-corrected chi connectivity index (χ0v) is 12.1. The van der Waals surface area contributed by atoms with Crippen molar-refractivity contribution in [3.05, 3.63) is 36.4 Å². The van der Waals surface area contributed by atoms with Crippen LogP contribution in [-0.4, -0.2) is 24.3 Å². The first kappa shape index (κ1) is 14.3. The van der Waals surface area contributed by atoms with Crippen molar-refractivity contribution >= 4 is 17.4 Å². The Kier molecular flexibility index (Phi) is 3.93. The summed E-state index contributed by atoms with van der Waals surface area (Å²) < 4.78 is 5.78. The van der Waals surface area contributed by atoms with E-state index in [4.69, 9.17) is 4.74 Å². The Hall–Kier alpha value is -2.10. The Bertz CT molecular complexity index is 563. The summed E-state index contributed by atoms with van der Waals surface area (Å²) in [5.41, 5.74) is 1.21. The number of Topliss-reactive ketones (excluding diaryl/α,β-unsaturated/α-hetero) is 1. The summed E-state index contributed by atoms with van der Waals surface area (Å²) in [6.07, 6.45) is 1.18. The lowest BCUT2D eigenvalue weighted by molar-refractivity contribution is -0.128. The van der Waals surface area contributed by atoms with Crippen LogP contribution in [0.3, 0.4) is 0 Å². The molecule has 2 rings (SSSR count). The number of ketones is 1. The molecule has 4 nitrogen and oxygen atoms in total. The molecule has 1 aromatic rings. The zero-order chi connectivity index (χ0) is 14.9. The number of rotatable bonds is 4. The summed E-state index contributed by atoms with van der Waals surface area (Å²) >= 11 is 0. The number of benzene rings is 1. The molecule has 4 heteroatoms. The molecule has 0 radical (unpaired) electrons. The molecule has 1 atom stereocenters. The number of hydrogen-bond donors (Lipinski definition) is 0. The van der Waals surface area contributed by atoms with Gasteiger partial charge in [0.25, 0.3) is 5.91 Å². The molecule has 0 aromatic heterocycles. The highest BCUT2D eigenvalue weighted by Gasteiger charge is 2.35. The number of hydrogen-bond acceptors (Lipinski definition) is 3. The second kappa shape index (κ2) is 5.49. The minimum Gasteiger partial charge on any atom is -0.478 e. The first-order chi connectivity index (χ1) is 9.45. The van der Waals surface area contributed by atoms with Gasteiger partial charge in [0.05, 0.1) is 5.69 Å². The highest BCUT2D eigenvalue weighted by molar-refractivity contribution is 6.02. The number of carbonyl (C=O) groups excluding carboxylic acids is 2. The van der Waals surface area contributed by atoms with Gasteiger partial charge in [0, 0.05) is 12.1 Å². The maximum absolute atomic E-state index is 12.5. The summed E-state index contributed by atoms with van der Waals surface area (Å²) in [7, 11) is 0. The number of carbonyl (C=O) groups is 2. The van der Waals surface area contributed by atoms with Crippen molar-refractivity contribution in [3.8, 4) is 5.75 Å². The van der Waals surface area contributed by atoms with Gasteiger partial charge in [-0.15, -0.1) is 6.58 Å². The average Bonchev–Trinajstić information content (AvgIpc) is 2.40. The minimum atomic E-state index is -0.495. The van der Waals surface area contributed by atoms with Crippen molar-refractivity contribution < 1.29 is 14.3 Å². The van der Waals surface area contributed by atoms with Gasteiger partial charge in [-0.25, -0.2) is 0 Å². The van der Waals surface area contributed by atoms with Crippen LogP contribution in [0.25, 0.3) is 0 Å². The molecule has 1 aliphatic rings. The van der Waals surface area contributed by atoms with Crippen LogP contribution in [0.1, 0.15) is 31.1 Å². The SMILES string of the molecule is C=CCN1C(=O)C(C(C)C)Oc2ccc(C(C)=O)cc21. The third-order valence-electron chi connectivity index (χ3n) is 3.34. The molecule has 0 aliphatic carbocycles. The average molecular weight is 273 g/mol. The number of ether oxygens (including phenoxy) is 1. The fraction of sp³-hybridized carbons (Fsp3) is 0.375. The summed E-state index contributed by atoms with van der Waals surface area (Å²) in [5, 5.41) is 0. The van der Waals surface area contributed by atoms with E-state index in [-0.39, 0.29) is 17.6 Å². The first-order valence-corrected chi connectivity index (χ1v) is 6.69. The molecule has 1 amide bonds. The molecule has 0 bridgehead atoms. The van der Waals surface area contributed by atoms with Crippen LogP contribution in [0.2, 0.25) is 0 Å². The molecular formula is C16H19NO3. The van der Waals surface area contributed by atoms with Gasteiger partial charge in [0.1, 0.15) is 5.75 Å². The van der Waals surface area contributed by atoms with Crippen LogP contribution in [0, 0.1) is 5.92 Å². The van der Waals surface area contributed by atoms with E-state index in [2.05, 4.69) is 6.58 Å². The van der Waals surface area contributed by atoms with Crippen LogP contribution in [0.4, 0.5) is 5.69 Å². The van der Waals surface area contributed by atoms with E-state index in [0.717, 1.165) is 0 Å². The van der Waals surface area contributed by atoms with Crippen molar-refractivity contribution in [1.82, 2.24) is 0 Å². The molecule has 0 N–H and O–H groups in total. The number of amides is 1. The normalized spacial score (nSPS) is 17.7. The highest BCUT2D eigenvalue weighted by atomic mass is 16.5. The van der Waals surface area contributed by atoms with E-state index >= 15 is 0 Å². The standard InChI is InChI=1S/C16H19NO3/c1-5-8-17-13-9-12(11(4)18)6-7-14(13)20-15(10(2)3)16(17)19/h5-7,9-10,15H,1,8H2,2-4H3. The van der Waals surface area contributed by atoms with E-state index in [1.807, 2.05) is 13.8 Å². The van der Waals surface area contributed by atoms with E-state index in [1.165, 1.54) is 6.92 Å². The lowest BCUT2D eigenvalue weighted by Crippen LogP contribution is -2.48. The van der Waals surface area contributed by atoms with Crippen LogP contribution in [-0.2, 0) is 4.79 Å². The van der Waals surface area contributed by atoms with Crippen molar-refractivity contribution in [2.24, 2.45) is 5.92 Å². The smallest absolute Gasteiger partial charge is 0.268 e. The summed E-state index contributed by atoms with van der Waals surface area (Å²) in [6.45, 7) is 9.49. The quantitative estimate of drug-likeness (QED) is 0.626. The summed E-state index contributed by atoms with van der Waals surface area (Å²) in [5.74, 6) is 0.587. The predicted octanol–water partition coefficient (Wildman–Crippen LogP) is 2.83. The second-order valence-electron chi connectivity index (χ2n) is 5.26. The number of anilines is 1. The molecule has 20 heavy (non-hydrogen) atoms. The fourth-order valence-corrected chi connectivity index (χ4v) is 2.25. The van der Waals surface area contributed by atoms with E-state index in [9.17, 15) is 9.59 Å². The van der Waals surface area contributed by atoms with Crippen molar-refractivity contribution in [3.63, 3.8) is 0 Å². The van der Waals surface area contributed by atoms with Gasteiger partial charge in [0.2, 0.25) is 0 Å². The van der Waals surface area contributed by atoms with Gasteiger partial charge in [-0.2, -0.15) is 0 Å². The van der Waals surface area contributed by atoms with Crippen LogP contribution in [0.5, 0.6) is 5.75 Å². The van der Waals surface area contributed by atoms with Gasteiger partial charge in [0.15, 0.2) is 11.9 Å². The second-order valence-corrected chi connectivity index (χ2v) is 5.26. The summed E-state index contributed by atoms with van der Waals surface area (Å²) in [4.78, 5) is 25.6. The van der Waals surface area contributed by atoms with Gasteiger partial charge >= 0.3 is 0 Å². The largest absolute Gasteiger partial charge is 0.478 e. The minimum absolute atomic E-state index is 0.0372. The molecule has 1 aliphatic heterocycles. The molecule has 0 spiro atoms. The highest BCUT2D eigenvalue weighted by Crippen LogP contribution is 2.36. The Morgan fingerprint density at radius 1 is 1.50 bits per heavy atom. The van der Waals surface area contributed by atoms with Crippen LogP contribution < -0.4 is 9.64 Å². The summed E-state index contributed by atoms with van der Waals surface area (Å²) in [6, 6.07) is 5.18. The number of fused-ring (bicyclic) bond motifs is 1.